The standard InChI is InChI=1S/C20H30N4O3/c21-14-17(25)13-19(27)23-11-6-20(7-12-23)5-1-18(26)24(15-20)10-4-16-2-8-22-9-3-16/h2-3,8-9,17,25H,1,4-7,10-15,21H2/t17-/m0/s1. The Morgan fingerprint density at radius 2 is 1.96 bits per heavy atom. The lowest BCUT2D eigenvalue weighted by molar-refractivity contribution is -0.143. The number of hydrogen-bond acceptors (Lipinski definition) is 5. The summed E-state index contributed by atoms with van der Waals surface area (Å²) >= 11 is 0. The molecule has 1 aromatic heterocycles. The van der Waals surface area contributed by atoms with Gasteiger partial charge in [-0.15, -0.1) is 0 Å². The SMILES string of the molecule is NC[C@@H](O)CC(=O)N1CCC2(CCC(=O)N(CCc3ccncc3)C2)CC1. The second kappa shape index (κ2) is 8.80. The normalized spacial score (nSPS) is 20.7. The van der Waals surface area contributed by atoms with Gasteiger partial charge in [-0.25, -0.2) is 0 Å². The van der Waals surface area contributed by atoms with Gasteiger partial charge in [0, 0.05) is 51.5 Å². The van der Waals surface area contributed by atoms with E-state index in [4.69, 9.17) is 5.73 Å². The van der Waals surface area contributed by atoms with Crippen LogP contribution in [0.1, 0.15) is 37.7 Å². The Kier molecular flexibility index (Phi) is 6.44. The first-order valence-corrected chi connectivity index (χ1v) is 9.84. The van der Waals surface area contributed by atoms with Crippen LogP contribution < -0.4 is 5.73 Å². The second-order valence-corrected chi connectivity index (χ2v) is 7.90. The number of carbonyl (C=O) groups is 2. The number of nitrogens with two attached hydrogens (primary N) is 1. The molecule has 0 saturated carbocycles. The van der Waals surface area contributed by atoms with Gasteiger partial charge in [-0.05, 0) is 48.8 Å². The van der Waals surface area contributed by atoms with Crippen LogP contribution >= 0.6 is 0 Å². The molecule has 2 aliphatic heterocycles. The highest BCUT2D eigenvalue weighted by Gasteiger charge is 2.41. The summed E-state index contributed by atoms with van der Waals surface area (Å²) in [5.41, 5.74) is 6.71. The summed E-state index contributed by atoms with van der Waals surface area (Å²) in [6, 6.07) is 3.98. The van der Waals surface area contributed by atoms with E-state index in [1.54, 1.807) is 12.4 Å². The van der Waals surface area contributed by atoms with Gasteiger partial charge in [-0.1, -0.05) is 0 Å². The molecule has 7 heteroatoms. The van der Waals surface area contributed by atoms with Crippen molar-refractivity contribution in [2.75, 3.05) is 32.7 Å². The first-order valence-electron chi connectivity index (χ1n) is 9.84. The molecule has 0 aromatic carbocycles. The second-order valence-electron chi connectivity index (χ2n) is 7.90. The fraction of sp³-hybridized carbons (Fsp3) is 0.650. The van der Waals surface area contributed by atoms with Crippen LogP contribution in [0.5, 0.6) is 0 Å². The lowest BCUT2D eigenvalue weighted by Crippen LogP contribution is -2.53. The van der Waals surface area contributed by atoms with Gasteiger partial charge in [0.05, 0.1) is 12.5 Å². The van der Waals surface area contributed by atoms with E-state index >= 15 is 0 Å². The first kappa shape index (κ1) is 19.8. The van der Waals surface area contributed by atoms with Crippen LogP contribution in [0.4, 0.5) is 0 Å². The van der Waals surface area contributed by atoms with Gasteiger partial charge >= 0.3 is 0 Å². The number of likely N-dealkylation sites (tertiary alicyclic amines) is 2. The quantitative estimate of drug-likeness (QED) is 0.758. The fourth-order valence-electron chi connectivity index (χ4n) is 4.17. The highest BCUT2D eigenvalue weighted by atomic mass is 16.3. The lowest BCUT2D eigenvalue weighted by Gasteiger charge is -2.47. The molecular formula is C20H30N4O3. The molecule has 3 N–H and O–H groups in total. The van der Waals surface area contributed by atoms with Gasteiger partial charge in [0.15, 0.2) is 0 Å². The Labute approximate surface area is 160 Å². The molecule has 2 aliphatic rings. The summed E-state index contributed by atoms with van der Waals surface area (Å²) in [6.45, 7) is 3.02. The minimum Gasteiger partial charge on any atom is -0.391 e. The molecular weight excluding hydrogens is 344 g/mol. The zero-order valence-electron chi connectivity index (χ0n) is 15.8. The van der Waals surface area contributed by atoms with Crippen LogP contribution in [0, 0.1) is 5.41 Å². The van der Waals surface area contributed by atoms with Gasteiger partial charge in [0.2, 0.25) is 11.8 Å². The van der Waals surface area contributed by atoms with Gasteiger partial charge in [-0.3, -0.25) is 14.6 Å². The van der Waals surface area contributed by atoms with Gasteiger partial charge in [0.1, 0.15) is 0 Å². The van der Waals surface area contributed by atoms with Crippen molar-refractivity contribution in [1.82, 2.24) is 14.8 Å². The molecule has 3 rings (SSSR count). The predicted octanol–water partition coefficient (Wildman–Crippen LogP) is 0.565. The minimum absolute atomic E-state index is 0.0239. The van der Waals surface area contributed by atoms with Gasteiger partial charge < -0.3 is 20.6 Å². The Hall–Kier alpha value is -1.99. The van der Waals surface area contributed by atoms with E-state index in [2.05, 4.69) is 4.98 Å². The molecule has 2 amide bonds. The Morgan fingerprint density at radius 3 is 2.63 bits per heavy atom. The molecule has 0 bridgehead atoms. The zero-order valence-corrected chi connectivity index (χ0v) is 15.8. The van der Waals surface area contributed by atoms with Crippen LogP contribution in [0.3, 0.4) is 0 Å². The van der Waals surface area contributed by atoms with E-state index in [0.717, 1.165) is 38.8 Å². The van der Waals surface area contributed by atoms with E-state index in [9.17, 15) is 14.7 Å². The fourth-order valence-corrected chi connectivity index (χ4v) is 4.17. The zero-order chi connectivity index (χ0) is 19.3. The molecule has 1 spiro atoms. The first-order chi connectivity index (χ1) is 13.0. The third-order valence-corrected chi connectivity index (χ3v) is 6.03. The number of nitrogens with zero attached hydrogens (tertiary/aromatic N) is 3. The number of hydrogen-bond donors (Lipinski definition) is 2. The van der Waals surface area contributed by atoms with Crippen LogP contribution in [0.25, 0.3) is 0 Å². The Bertz CT molecular complexity index is 644. The molecule has 0 aliphatic carbocycles. The number of aromatic nitrogens is 1. The molecule has 3 heterocycles. The number of aliphatic hydroxyl groups is 1. The Morgan fingerprint density at radius 1 is 1.26 bits per heavy atom. The highest BCUT2D eigenvalue weighted by molar-refractivity contribution is 5.78. The monoisotopic (exact) mass is 374 g/mol. The summed E-state index contributed by atoms with van der Waals surface area (Å²) < 4.78 is 0. The average molecular weight is 374 g/mol. The summed E-state index contributed by atoms with van der Waals surface area (Å²) in [5.74, 6) is 0.212. The van der Waals surface area contributed by atoms with E-state index in [-0.39, 0.29) is 30.2 Å². The average Bonchev–Trinajstić information content (AvgIpc) is 2.70. The third-order valence-electron chi connectivity index (χ3n) is 6.03. The molecule has 1 aromatic rings. The molecule has 0 radical (unpaired) electrons. The summed E-state index contributed by atoms with van der Waals surface area (Å²) in [5, 5.41) is 9.60. The van der Waals surface area contributed by atoms with E-state index in [1.165, 1.54) is 5.56 Å². The van der Waals surface area contributed by atoms with Gasteiger partial charge in [0.25, 0.3) is 0 Å². The van der Waals surface area contributed by atoms with Gasteiger partial charge in [-0.2, -0.15) is 0 Å². The lowest BCUT2D eigenvalue weighted by atomic mass is 9.72. The number of carbonyl (C=O) groups excluding carboxylic acids is 2. The van der Waals surface area contributed by atoms with Crippen molar-refractivity contribution in [3.05, 3.63) is 30.1 Å². The van der Waals surface area contributed by atoms with Crippen molar-refractivity contribution < 1.29 is 14.7 Å². The van der Waals surface area contributed by atoms with Crippen LogP contribution in [-0.2, 0) is 16.0 Å². The number of rotatable bonds is 6. The maximum atomic E-state index is 12.4. The van der Waals surface area contributed by atoms with Crippen molar-refractivity contribution >= 4 is 11.8 Å². The van der Waals surface area contributed by atoms with E-state index < -0.39 is 6.10 Å². The maximum absolute atomic E-state index is 12.4. The molecule has 7 nitrogen and oxygen atoms in total. The Balaban J connectivity index is 1.53. The molecule has 0 unspecified atom stereocenters. The van der Waals surface area contributed by atoms with Crippen LogP contribution in [0.2, 0.25) is 0 Å². The third kappa shape index (κ3) is 5.05. The van der Waals surface area contributed by atoms with Crippen LogP contribution in [0.15, 0.2) is 24.5 Å². The maximum Gasteiger partial charge on any atom is 0.225 e. The van der Waals surface area contributed by atoms with Crippen LogP contribution in [-0.4, -0.2) is 70.5 Å². The predicted molar refractivity (Wildman–Crippen MR) is 102 cm³/mol. The van der Waals surface area contributed by atoms with E-state index in [1.807, 2.05) is 21.9 Å². The smallest absolute Gasteiger partial charge is 0.225 e. The summed E-state index contributed by atoms with van der Waals surface area (Å²) in [4.78, 5) is 32.5. The molecule has 27 heavy (non-hydrogen) atoms. The summed E-state index contributed by atoms with van der Waals surface area (Å²) in [6.07, 6.45) is 7.07. The summed E-state index contributed by atoms with van der Waals surface area (Å²) in [7, 11) is 0. The van der Waals surface area contributed by atoms with Crippen molar-refractivity contribution in [1.29, 1.82) is 0 Å². The van der Waals surface area contributed by atoms with Crippen molar-refractivity contribution in [2.24, 2.45) is 11.1 Å². The number of piperidine rings is 2. The molecule has 2 fully saturated rings. The highest BCUT2D eigenvalue weighted by Crippen LogP contribution is 2.40. The topological polar surface area (TPSA) is 99.8 Å². The number of pyridine rings is 1. The molecule has 2 saturated heterocycles. The van der Waals surface area contributed by atoms with Crippen molar-refractivity contribution in [3.8, 4) is 0 Å². The minimum atomic E-state index is -0.760. The van der Waals surface area contributed by atoms with E-state index in [0.29, 0.717) is 19.5 Å². The van der Waals surface area contributed by atoms with Crippen molar-refractivity contribution in [3.63, 3.8) is 0 Å². The molecule has 1 atom stereocenters. The number of aliphatic hydroxyl groups excluding tert-OH is 1. The largest absolute Gasteiger partial charge is 0.391 e. The van der Waals surface area contributed by atoms with Crippen molar-refractivity contribution in [2.45, 2.75) is 44.6 Å². The number of amides is 2. The molecule has 148 valence electrons.